The van der Waals surface area contributed by atoms with Crippen molar-refractivity contribution in [2.24, 2.45) is 0 Å². The fourth-order valence-corrected chi connectivity index (χ4v) is 3.02. The Bertz CT molecular complexity index is 553. The molecule has 0 spiro atoms. The molecule has 0 aliphatic heterocycles. The van der Waals surface area contributed by atoms with Crippen LogP contribution in [0.4, 0.5) is 0 Å². The fraction of sp³-hybridized carbons (Fsp3) is 0.429. The Morgan fingerprint density at radius 2 is 1.35 bits per heavy atom. The normalized spacial score (nSPS) is 16.5. The zero-order chi connectivity index (χ0) is 16.7. The van der Waals surface area contributed by atoms with Gasteiger partial charge in [-0.1, -0.05) is 67.6 Å². The molecule has 0 aromatic heterocycles. The minimum absolute atomic E-state index is 0.288. The minimum Gasteiger partial charge on any atom is -0.393 e. The van der Waals surface area contributed by atoms with E-state index in [9.17, 15) is 5.11 Å². The highest BCUT2D eigenvalue weighted by Crippen LogP contribution is 2.23. The summed E-state index contributed by atoms with van der Waals surface area (Å²) in [5, 5.41) is 13.5. The van der Waals surface area contributed by atoms with Crippen LogP contribution in [-0.4, -0.2) is 23.8 Å². The third-order valence-electron chi connectivity index (χ3n) is 4.66. The SMILES string of the molecule is CC(O)CC(CNC(C)C(C)c1ccccc1)c1ccccc1. The maximum Gasteiger partial charge on any atom is 0.0518 e. The second-order valence-corrected chi connectivity index (χ2v) is 6.59. The Kier molecular flexibility index (Phi) is 6.82. The molecule has 0 aliphatic rings. The van der Waals surface area contributed by atoms with Gasteiger partial charge >= 0.3 is 0 Å². The van der Waals surface area contributed by atoms with Gasteiger partial charge in [-0.2, -0.15) is 0 Å². The summed E-state index contributed by atoms with van der Waals surface area (Å²) in [7, 11) is 0. The second-order valence-electron chi connectivity index (χ2n) is 6.59. The van der Waals surface area contributed by atoms with Crippen LogP contribution < -0.4 is 5.32 Å². The first-order chi connectivity index (χ1) is 11.1. The van der Waals surface area contributed by atoms with Crippen LogP contribution >= 0.6 is 0 Å². The molecule has 0 heterocycles. The fourth-order valence-electron chi connectivity index (χ4n) is 3.02. The van der Waals surface area contributed by atoms with Crippen molar-refractivity contribution in [2.45, 2.75) is 51.2 Å². The summed E-state index contributed by atoms with van der Waals surface area (Å²) >= 11 is 0. The van der Waals surface area contributed by atoms with Gasteiger partial charge in [0.25, 0.3) is 0 Å². The van der Waals surface area contributed by atoms with Crippen LogP contribution in [-0.2, 0) is 0 Å². The van der Waals surface area contributed by atoms with Crippen LogP contribution in [0.15, 0.2) is 60.7 Å². The maximum atomic E-state index is 9.81. The summed E-state index contributed by atoms with van der Waals surface area (Å²) in [5.41, 5.74) is 2.65. The first-order valence-electron chi connectivity index (χ1n) is 8.59. The van der Waals surface area contributed by atoms with Crippen LogP contribution in [0.1, 0.15) is 50.2 Å². The number of hydrogen-bond acceptors (Lipinski definition) is 2. The summed E-state index contributed by atoms with van der Waals surface area (Å²) in [5.74, 6) is 0.792. The molecule has 2 nitrogen and oxygen atoms in total. The molecule has 2 aromatic carbocycles. The number of rotatable bonds is 8. The van der Waals surface area contributed by atoms with E-state index in [1.807, 2.05) is 13.0 Å². The number of aliphatic hydroxyl groups excluding tert-OH is 1. The van der Waals surface area contributed by atoms with Gasteiger partial charge in [-0.05, 0) is 43.2 Å². The molecule has 0 saturated heterocycles. The molecule has 4 unspecified atom stereocenters. The zero-order valence-electron chi connectivity index (χ0n) is 14.4. The lowest BCUT2D eigenvalue weighted by Crippen LogP contribution is -2.35. The van der Waals surface area contributed by atoms with E-state index in [4.69, 9.17) is 0 Å². The van der Waals surface area contributed by atoms with Gasteiger partial charge < -0.3 is 10.4 Å². The van der Waals surface area contributed by atoms with Crippen molar-refractivity contribution in [3.05, 3.63) is 71.8 Å². The summed E-state index contributed by atoms with van der Waals surface area (Å²) in [4.78, 5) is 0. The van der Waals surface area contributed by atoms with Crippen LogP contribution in [0.2, 0.25) is 0 Å². The number of benzene rings is 2. The maximum absolute atomic E-state index is 9.81. The molecule has 0 bridgehead atoms. The highest BCUT2D eigenvalue weighted by Gasteiger charge is 2.18. The van der Waals surface area contributed by atoms with Crippen LogP contribution in [0, 0.1) is 0 Å². The van der Waals surface area contributed by atoms with E-state index in [2.05, 4.69) is 73.8 Å². The van der Waals surface area contributed by atoms with E-state index in [-0.39, 0.29) is 6.10 Å². The Balaban J connectivity index is 1.97. The lowest BCUT2D eigenvalue weighted by Gasteiger charge is -2.26. The van der Waals surface area contributed by atoms with E-state index < -0.39 is 0 Å². The van der Waals surface area contributed by atoms with Gasteiger partial charge in [-0.3, -0.25) is 0 Å². The van der Waals surface area contributed by atoms with Gasteiger partial charge in [0, 0.05) is 12.6 Å². The Labute approximate surface area is 140 Å². The summed E-state index contributed by atoms with van der Waals surface area (Å²) < 4.78 is 0. The topological polar surface area (TPSA) is 32.3 Å². The van der Waals surface area contributed by atoms with Crippen LogP contribution in [0.5, 0.6) is 0 Å². The molecule has 2 rings (SSSR count). The van der Waals surface area contributed by atoms with E-state index in [1.165, 1.54) is 11.1 Å². The molecule has 0 aliphatic carbocycles. The van der Waals surface area contributed by atoms with Gasteiger partial charge in [0.1, 0.15) is 0 Å². The predicted octanol–water partition coefficient (Wildman–Crippen LogP) is 4.32. The highest BCUT2D eigenvalue weighted by molar-refractivity contribution is 5.22. The van der Waals surface area contributed by atoms with Crippen molar-refractivity contribution in [1.82, 2.24) is 5.32 Å². The largest absolute Gasteiger partial charge is 0.393 e. The average molecular weight is 311 g/mol. The van der Waals surface area contributed by atoms with Gasteiger partial charge in [0.05, 0.1) is 6.10 Å². The van der Waals surface area contributed by atoms with Gasteiger partial charge in [-0.15, -0.1) is 0 Å². The van der Waals surface area contributed by atoms with E-state index >= 15 is 0 Å². The molecule has 0 saturated carbocycles. The van der Waals surface area contributed by atoms with E-state index in [1.54, 1.807) is 0 Å². The molecule has 2 N–H and O–H groups in total. The van der Waals surface area contributed by atoms with Crippen molar-refractivity contribution < 1.29 is 5.11 Å². The van der Waals surface area contributed by atoms with Crippen molar-refractivity contribution in [3.8, 4) is 0 Å². The number of nitrogens with one attached hydrogen (secondary N) is 1. The molecule has 0 fully saturated rings. The van der Waals surface area contributed by atoms with Crippen molar-refractivity contribution in [2.75, 3.05) is 6.54 Å². The first kappa shape index (κ1) is 17.7. The smallest absolute Gasteiger partial charge is 0.0518 e. The van der Waals surface area contributed by atoms with Crippen LogP contribution in [0.3, 0.4) is 0 Å². The molecule has 2 aromatic rings. The Hall–Kier alpha value is -1.64. The van der Waals surface area contributed by atoms with Crippen molar-refractivity contribution in [3.63, 3.8) is 0 Å². The lowest BCUT2D eigenvalue weighted by atomic mass is 9.91. The highest BCUT2D eigenvalue weighted by atomic mass is 16.3. The zero-order valence-corrected chi connectivity index (χ0v) is 14.4. The van der Waals surface area contributed by atoms with Crippen molar-refractivity contribution >= 4 is 0 Å². The quantitative estimate of drug-likeness (QED) is 0.761. The third kappa shape index (κ3) is 5.49. The molecule has 2 heteroatoms. The molecular weight excluding hydrogens is 282 g/mol. The van der Waals surface area contributed by atoms with Gasteiger partial charge in [-0.25, -0.2) is 0 Å². The summed E-state index contributed by atoms with van der Waals surface area (Å²) in [6.07, 6.45) is 0.493. The third-order valence-corrected chi connectivity index (χ3v) is 4.66. The summed E-state index contributed by atoms with van der Waals surface area (Å²) in [6, 6.07) is 21.5. The van der Waals surface area contributed by atoms with Gasteiger partial charge in [0.15, 0.2) is 0 Å². The predicted molar refractivity (Wildman–Crippen MR) is 97.8 cm³/mol. The van der Waals surface area contributed by atoms with Crippen LogP contribution in [0.25, 0.3) is 0 Å². The summed E-state index contributed by atoms with van der Waals surface area (Å²) in [6.45, 7) is 7.25. The molecule has 23 heavy (non-hydrogen) atoms. The van der Waals surface area contributed by atoms with E-state index in [0.717, 1.165) is 13.0 Å². The molecule has 0 radical (unpaired) electrons. The molecular formula is C21H29NO. The molecule has 0 amide bonds. The monoisotopic (exact) mass is 311 g/mol. The Morgan fingerprint density at radius 1 is 0.826 bits per heavy atom. The average Bonchev–Trinajstić information content (AvgIpc) is 2.59. The molecule has 4 atom stereocenters. The standard InChI is InChI=1S/C21H29NO/c1-16(23)14-21(20-12-8-5-9-13-20)15-22-18(3)17(2)19-10-6-4-7-11-19/h4-13,16-18,21-23H,14-15H2,1-3H3. The second kappa shape index (κ2) is 8.85. The lowest BCUT2D eigenvalue weighted by molar-refractivity contribution is 0.172. The van der Waals surface area contributed by atoms with E-state index in [0.29, 0.717) is 17.9 Å². The molecule has 124 valence electrons. The van der Waals surface area contributed by atoms with Crippen molar-refractivity contribution in [1.29, 1.82) is 0 Å². The van der Waals surface area contributed by atoms with Gasteiger partial charge in [0.2, 0.25) is 0 Å². The number of aliphatic hydroxyl groups is 1. The first-order valence-corrected chi connectivity index (χ1v) is 8.59. The Morgan fingerprint density at radius 3 is 1.87 bits per heavy atom. The number of hydrogen-bond donors (Lipinski definition) is 2. The minimum atomic E-state index is -0.288.